The number of benzene rings is 2. The Morgan fingerprint density at radius 1 is 1.04 bits per heavy atom. The summed E-state index contributed by atoms with van der Waals surface area (Å²) >= 11 is 0. The zero-order chi connectivity index (χ0) is 19.3. The summed E-state index contributed by atoms with van der Waals surface area (Å²) in [7, 11) is 0. The summed E-state index contributed by atoms with van der Waals surface area (Å²) in [5, 5.41) is 3.27. The molecule has 0 saturated carbocycles. The van der Waals surface area contributed by atoms with Gasteiger partial charge in [0.05, 0.1) is 12.9 Å². The molecular formula is C22H23F2N3O. The Labute approximate surface area is 163 Å². The summed E-state index contributed by atoms with van der Waals surface area (Å²) < 4.78 is 36.4. The Kier molecular flexibility index (Phi) is 5.67. The second kappa shape index (κ2) is 8.52. The van der Waals surface area contributed by atoms with Crippen molar-refractivity contribution in [2.24, 2.45) is 5.92 Å². The topological polar surface area (TPSA) is 39.1 Å². The van der Waals surface area contributed by atoms with E-state index in [9.17, 15) is 8.78 Å². The number of halogens is 2. The minimum Gasteiger partial charge on any atom is -0.487 e. The van der Waals surface area contributed by atoms with Crippen molar-refractivity contribution < 1.29 is 13.5 Å². The fraction of sp³-hybridized carbons (Fsp3) is 0.318. The first-order valence-corrected chi connectivity index (χ1v) is 9.56. The van der Waals surface area contributed by atoms with E-state index in [1.165, 1.54) is 12.1 Å². The van der Waals surface area contributed by atoms with Crippen molar-refractivity contribution in [2.75, 3.05) is 19.7 Å². The van der Waals surface area contributed by atoms with Crippen LogP contribution in [0.4, 0.5) is 8.78 Å². The third-order valence-corrected chi connectivity index (χ3v) is 5.13. The van der Waals surface area contributed by atoms with E-state index in [1.54, 1.807) is 12.5 Å². The Morgan fingerprint density at radius 3 is 2.39 bits per heavy atom. The summed E-state index contributed by atoms with van der Waals surface area (Å²) in [6.45, 7) is 2.90. The van der Waals surface area contributed by atoms with Crippen LogP contribution in [0.25, 0.3) is 11.1 Å². The first-order chi connectivity index (χ1) is 13.7. The summed E-state index contributed by atoms with van der Waals surface area (Å²) in [5.41, 5.74) is 2.35. The molecule has 0 bridgehead atoms. The van der Waals surface area contributed by atoms with Crippen molar-refractivity contribution in [2.45, 2.75) is 19.4 Å². The van der Waals surface area contributed by atoms with Crippen molar-refractivity contribution in [3.63, 3.8) is 0 Å². The highest BCUT2D eigenvalue weighted by atomic mass is 19.1. The number of ether oxygens (including phenoxy) is 1. The van der Waals surface area contributed by atoms with Gasteiger partial charge in [0.1, 0.15) is 0 Å². The Hall–Kier alpha value is -2.73. The van der Waals surface area contributed by atoms with E-state index in [2.05, 4.69) is 10.3 Å². The number of aromatic nitrogens is 2. The number of hydrogen-bond donors (Lipinski definition) is 1. The van der Waals surface area contributed by atoms with Crippen LogP contribution in [0, 0.1) is 17.6 Å². The number of imidazole rings is 1. The molecule has 0 amide bonds. The zero-order valence-corrected chi connectivity index (χ0v) is 15.6. The molecule has 0 spiro atoms. The molecule has 2 aromatic carbocycles. The van der Waals surface area contributed by atoms with E-state index < -0.39 is 11.6 Å². The highest BCUT2D eigenvalue weighted by Gasteiger charge is 2.18. The SMILES string of the molecule is Fc1cc(-c2ccc(Cn3ccnc3)cc2)cc(F)c1OCC1CCNCC1. The lowest BCUT2D eigenvalue weighted by Gasteiger charge is -2.23. The Bertz CT molecular complexity index is 881. The van der Waals surface area contributed by atoms with Crippen LogP contribution in [0.15, 0.2) is 55.1 Å². The van der Waals surface area contributed by atoms with E-state index in [1.807, 2.05) is 35.0 Å². The van der Waals surface area contributed by atoms with Crippen LogP contribution < -0.4 is 10.1 Å². The molecule has 28 heavy (non-hydrogen) atoms. The van der Waals surface area contributed by atoms with E-state index in [-0.39, 0.29) is 5.75 Å². The smallest absolute Gasteiger partial charge is 0.190 e. The number of nitrogens with one attached hydrogen (secondary N) is 1. The molecule has 3 aromatic rings. The summed E-state index contributed by atoms with van der Waals surface area (Å²) in [4.78, 5) is 4.02. The standard InChI is InChI=1S/C22H23F2N3O/c23-20-11-19(12-21(24)22(20)28-14-17-5-7-25-8-6-17)18-3-1-16(2-4-18)13-27-10-9-26-15-27/h1-4,9-12,15,17,25H,5-8,13-14H2. The van der Waals surface area contributed by atoms with Crippen LogP contribution in [0.1, 0.15) is 18.4 Å². The molecular weight excluding hydrogens is 360 g/mol. The summed E-state index contributed by atoms with van der Waals surface area (Å²) in [5.74, 6) is -1.26. The van der Waals surface area contributed by atoms with Gasteiger partial charge in [-0.05, 0) is 60.7 Å². The van der Waals surface area contributed by atoms with Gasteiger partial charge >= 0.3 is 0 Å². The van der Waals surface area contributed by atoms with Crippen LogP contribution in [-0.4, -0.2) is 29.2 Å². The van der Waals surface area contributed by atoms with Gasteiger partial charge in [0.2, 0.25) is 0 Å². The maximum absolute atomic E-state index is 14.5. The minimum absolute atomic E-state index is 0.279. The third kappa shape index (κ3) is 4.39. The zero-order valence-electron chi connectivity index (χ0n) is 15.6. The highest BCUT2D eigenvalue weighted by molar-refractivity contribution is 5.65. The van der Waals surface area contributed by atoms with E-state index in [0.717, 1.165) is 37.1 Å². The highest BCUT2D eigenvalue weighted by Crippen LogP contribution is 2.30. The summed E-state index contributed by atoms with van der Waals surface area (Å²) in [6.07, 6.45) is 7.30. The maximum Gasteiger partial charge on any atom is 0.190 e. The average molecular weight is 383 g/mol. The van der Waals surface area contributed by atoms with E-state index >= 15 is 0 Å². The minimum atomic E-state index is -0.661. The first-order valence-electron chi connectivity index (χ1n) is 9.56. The van der Waals surface area contributed by atoms with Crippen molar-refractivity contribution >= 4 is 0 Å². The molecule has 6 heteroatoms. The van der Waals surface area contributed by atoms with Crippen molar-refractivity contribution in [3.8, 4) is 16.9 Å². The quantitative estimate of drug-likeness (QED) is 0.692. The van der Waals surface area contributed by atoms with Gasteiger partial charge in [0.15, 0.2) is 17.4 Å². The third-order valence-electron chi connectivity index (χ3n) is 5.13. The van der Waals surface area contributed by atoms with E-state index in [4.69, 9.17) is 4.74 Å². The second-order valence-electron chi connectivity index (χ2n) is 7.21. The van der Waals surface area contributed by atoms with Gasteiger partial charge in [-0.25, -0.2) is 13.8 Å². The lowest BCUT2D eigenvalue weighted by Crippen LogP contribution is -2.30. The summed E-state index contributed by atoms with van der Waals surface area (Å²) in [6, 6.07) is 10.3. The van der Waals surface area contributed by atoms with Crippen molar-refractivity contribution in [3.05, 3.63) is 72.3 Å². The molecule has 1 fully saturated rings. The monoisotopic (exact) mass is 383 g/mol. The van der Waals surface area contributed by atoms with Gasteiger partial charge in [0, 0.05) is 18.9 Å². The first kappa shape index (κ1) is 18.6. The molecule has 0 aliphatic carbocycles. The number of rotatable bonds is 6. The van der Waals surface area contributed by atoms with Gasteiger partial charge in [-0.1, -0.05) is 24.3 Å². The van der Waals surface area contributed by atoms with Crippen LogP contribution in [0.3, 0.4) is 0 Å². The molecule has 1 N–H and O–H groups in total. The predicted octanol–water partition coefficient (Wildman–Crippen LogP) is 4.26. The average Bonchev–Trinajstić information content (AvgIpc) is 3.22. The molecule has 1 saturated heterocycles. The molecule has 2 heterocycles. The largest absolute Gasteiger partial charge is 0.487 e. The van der Waals surface area contributed by atoms with Crippen LogP contribution in [0.5, 0.6) is 5.75 Å². The van der Waals surface area contributed by atoms with Gasteiger partial charge in [0.25, 0.3) is 0 Å². The van der Waals surface area contributed by atoms with Gasteiger partial charge < -0.3 is 14.6 Å². The molecule has 4 nitrogen and oxygen atoms in total. The van der Waals surface area contributed by atoms with Crippen LogP contribution in [0.2, 0.25) is 0 Å². The van der Waals surface area contributed by atoms with Gasteiger partial charge in [-0.3, -0.25) is 0 Å². The van der Waals surface area contributed by atoms with Gasteiger partial charge in [-0.15, -0.1) is 0 Å². The van der Waals surface area contributed by atoms with Gasteiger partial charge in [-0.2, -0.15) is 0 Å². The molecule has 0 unspecified atom stereocenters. The van der Waals surface area contributed by atoms with Crippen molar-refractivity contribution in [1.82, 2.24) is 14.9 Å². The molecule has 0 atom stereocenters. The van der Waals surface area contributed by atoms with E-state index in [0.29, 0.717) is 24.6 Å². The van der Waals surface area contributed by atoms with Crippen LogP contribution in [-0.2, 0) is 6.54 Å². The lowest BCUT2D eigenvalue weighted by atomic mass is 9.99. The molecule has 1 aliphatic rings. The molecule has 0 radical (unpaired) electrons. The Morgan fingerprint density at radius 2 is 1.75 bits per heavy atom. The Balaban J connectivity index is 1.46. The maximum atomic E-state index is 14.5. The number of hydrogen-bond acceptors (Lipinski definition) is 3. The molecule has 1 aromatic heterocycles. The molecule has 146 valence electrons. The second-order valence-corrected chi connectivity index (χ2v) is 7.21. The molecule has 4 rings (SSSR count). The normalized spacial score (nSPS) is 14.9. The van der Waals surface area contributed by atoms with Crippen LogP contribution >= 0.6 is 0 Å². The van der Waals surface area contributed by atoms with Crippen molar-refractivity contribution in [1.29, 1.82) is 0 Å². The number of piperidine rings is 1. The fourth-order valence-corrected chi connectivity index (χ4v) is 3.51. The fourth-order valence-electron chi connectivity index (χ4n) is 3.51. The number of nitrogens with zero attached hydrogens (tertiary/aromatic N) is 2. The lowest BCUT2D eigenvalue weighted by molar-refractivity contribution is 0.201. The molecule has 1 aliphatic heterocycles. The predicted molar refractivity (Wildman–Crippen MR) is 104 cm³/mol.